The second-order valence-electron chi connectivity index (χ2n) is 5.16. The largest absolute Gasteiger partial charge is 0.341 e. The van der Waals surface area contributed by atoms with Gasteiger partial charge in [0.2, 0.25) is 5.91 Å². The summed E-state index contributed by atoms with van der Waals surface area (Å²) >= 11 is 0. The molecular weight excluding hydrogens is 260 g/mol. The van der Waals surface area contributed by atoms with E-state index in [1.807, 2.05) is 43.0 Å². The van der Waals surface area contributed by atoms with E-state index in [0.717, 1.165) is 12.1 Å². The molecule has 0 saturated heterocycles. The Bertz CT molecular complexity index is 390. The topological polar surface area (TPSA) is 46.3 Å². The molecule has 108 valence electrons. The molecule has 2 N–H and O–H groups in total. The summed E-state index contributed by atoms with van der Waals surface area (Å²) in [6.45, 7) is 9.68. The molecule has 0 radical (unpaired) electrons. The number of hydrogen-bond donors (Lipinski definition) is 1. The predicted molar refractivity (Wildman–Crippen MR) is 82.4 cm³/mol. The highest BCUT2D eigenvalue weighted by Gasteiger charge is 2.21. The van der Waals surface area contributed by atoms with Gasteiger partial charge in [0, 0.05) is 13.1 Å². The minimum absolute atomic E-state index is 0. The zero-order valence-corrected chi connectivity index (χ0v) is 13.0. The van der Waals surface area contributed by atoms with Crippen molar-refractivity contribution in [1.82, 2.24) is 4.90 Å². The van der Waals surface area contributed by atoms with Gasteiger partial charge in [0.1, 0.15) is 6.04 Å². The highest BCUT2D eigenvalue weighted by Crippen LogP contribution is 2.15. The lowest BCUT2D eigenvalue weighted by molar-refractivity contribution is -0.133. The van der Waals surface area contributed by atoms with E-state index in [0.29, 0.717) is 12.5 Å². The molecule has 0 aliphatic heterocycles. The van der Waals surface area contributed by atoms with Crippen LogP contribution in [0.25, 0.3) is 0 Å². The van der Waals surface area contributed by atoms with E-state index in [1.54, 1.807) is 0 Å². The SMILES string of the molecule is CCN(CC(C)C)C(=O)C(N)c1ccc(C)cc1.Cl. The van der Waals surface area contributed by atoms with Gasteiger partial charge in [-0.1, -0.05) is 43.7 Å². The third-order valence-corrected chi connectivity index (χ3v) is 2.98. The van der Waals surface area contributed by atoms with Gasteiger partial charge in [-0.05, 0) is 25.3 Å². The van der Waals surface area contributed by atoms with Crippen LogP contribution in [-0.4, -0.2) is 23.9 Å². The predicted octanol–water partition coefficient (Wildman–Crippen LogP) is 2.92. The summed E-state index contributed by atoms with van der Waals surface area (Å²) in [6.07, 6.45) is 0. The number of halogens is 1. The number of rotatable bonds is 5. The zero-order valence-electron chi connectivity index (χ0n) is 12.2. The number of aryl methyl sites for hydroxylation is 1. The summed E-state index contributed by atoms with van der Waals surface area (Å²) in [7, 11) is 0. The van der Waals surface area contributed by atoms with E-state index < -0.39 is 6.04 Å². The van der Waals surface area contributed by atoms with Gasteiger partial charge < -0.3 is 10.6 Å². The second-order valence-corrected chi connectivity index (χ2v) is 5.16. The Kier molecular flexibility index (Phi) is 7.72. The minimum Gasteiger partial charge on any atom is -0.341 e. The Morgan fingerprint density at radius 2 is 1.79 bits per heavy atom. The molecule has 1 atom stereocenters. The van der Waals surface area contributed by atoms with Crippen molar-refractivity contribution in [2.45, 2.75) is 33.7 Å². The summed E-state index contributed by atoms with van der Waals surface area (Å²) in [5.41, 5.74) is 8.11. The Balaban J connectivity index is 0.00000324. The Morgan fingerprint density at radius 1 is 1.26 bits per heavy atom. The third-order valence-electron chi connectivity index (χ3n) is 2.98. The van der Waals surface area contributed by atoms with E-state index in [4.69, 9.17) is 5.73 Å². The number of likely N-dealkylation sites (N-methyl/N-ethyl adjacent to an activating group) is 1. The van der Waals surface area contributed by atoms with Crippen molar-refractivity contribution < 1.29 is 4.79 Å². The molecule has 0 aliphatic carbocycles. The van der Waals surface area contributed by atoms with E-state index in [9.17, 15) is 4.79 Å². The molecule has 0 saturated carbocycles. The number of hydrogen-bond acceptors (Lipinski definition) is 2. The fourth-order valence-corrected chi connectivity index (χ4v) is 1.93. The molecule has 1 aromatic carbocycles. The summed E-state index contributed by atoms with van der Waals surface area (Å²) in [4.78, 5) is 14.1. The van der Waals surface area contributed by atoms with Crippen molar-refractivity contribution in [3.05, 3.63) is 35.4 Å². The molecular formula is C15H25ClN2O. The van der Waals surface area contributed by atoms with Gasteiger partial charge in [0.05, 0.1) is 0 Å². The van der Waals surface area contributed by atoms with Crippen molar-refractivity contribution in [2.75, 3.05) is 13.1 Å². The first-order valence-corrected chi connectivity index (χ1v) is 6.56. The van der Waals surface area contributed by atoms with E-state index in [2.05, 4.69) is 13.8 Å². The van der Waals surface area contributed by atoms with E-state index in [1.165, 1.54) is 5.56 Å². The van der Waals surface area contributed by atoms with Crippen molar-refractivity contribution in [3.63, 3.8) is 0 Å². The summed E-state index contributed by atoms with van der Waals surface area (Å²) < 4.78 is 0. The Morgan fingerprint density at radius 3 is 2.21 bits per heavy atom. The molecule has 1 amide bonds. The van der Waals surface area contributed by atoms with Crippen LogP contribution in [-0.2, 0) is 4.79 Å². The van der Waals surface area contributed by atoms with Crippen LogP contribution < -0.4 is 5.73 Å². The quantitative estimate of drug-likeness (QED) is 0.904. The number of carbonyl (C=O) groups excluding carboxylic acids is 1. The van der Waals surface area contributed by atoms with Crippen molar-refractivity contribution in [2.24, 2.45) is 11.7 Å². The molecule has 19 heavy (non-hydrogen) atoms. The van der Waals surface area contributed by atoms with Crippen LogP contribution in [0.3, 0.4) is 0 Å². The Labute approximate surface area is 122 Å². The third kappa shape index (κ3) is 5.21. The molecule has 1 aromatic rings. The van der Waals surface area contributed by atoms with Gasteiger partial charge in [-0.25, -0.2) is 0 Å². The second kappa shape index (κ2) is 8.18. The number of benzene rings is 1. The molecule has 0 heterocycles. The van der Waals surface area contributed by atoms with Gasteiger partial charge in [0.15, 0.2) is 0 Å². The minimum atomic E-state index is -0.552. The molecule has 1 rings (SSSR count). The molecule has 0 aromatic heterocycles. The van der Waals surface area contributed by atoms with Crippen molar-refractivity contribution >= 4 is 18.3 Å². The molecule has 1 unspecified atom stereocenters. The van der Waals surface area contributed by atoms with Gasteiger partial charge in [-0.3, -0.25) is 4.79 Å². The maximum Gasteiger partial charge on any atom is 0.244 e. The number of nitrogens with zero attached hydrogens (tertiary/aromatic N) is 1. The highest BCUT2D eigenvalue weighted by molar-refractivity contribution is 5.85. The van der Waals surface area contributed by atoms with Gasteiger partial charge in [0.25, 0.3) is 0 Å². The summed E-state index contributed by atoms with van der Waals surface area (Å²) in [5.74, 6) is 0.467. The van der Waals surface area contributed by atoms with Crippen LogP contribution in [0.15, 0.2) is 24.3 Å². The lowest BCUT2D eigenvalue weighted by Gasteiger charge is -2.26. The average Bonchev–Trinajstić information content (AvgIpc) is 2.35. The first-order valence-electron chi connectivity index (χ1n) is 6.56. The normalized spacial score (nSPS) is 11.9. The highest BCUT2D eigenvalue weighted by atomic mass is 35.5. The standard InChI is InChI=1S/C15H24N2O.ClH/c1-5-17(10-11(2)3)15(18)14(16)13-8-6-12(4)7-9-13;/h6-9,11,14H,5,10,16H2,1-4H3;1H. The lowest BCUT2D eigenvalue weighted by Crippen LogP contribution is -2.40. The number of amides is 1. The maximum absolute atomic E-state index is 12.3. The fourth-order valence-electron chi connectivity index (χ4n) is 1.93. The maximum atomic E-state index is 12.3. The van der Waals surface area contributed by atoms with Crippen LogP contribution in [0, 0.1) is 12.8 Å². The monoisotopic (exact) mass is 284 g/mol. The molecule has 0 fully saturated rings. The van der Waals surface area contributed by atoms with Gasteiger partial charge >= 0.3 is 0 Å². The molecule has 0 bridgehead atoms. The first-order chi connectivity index (χ1) is 8.45. The van der Waals surface area contributed by atoms with Crippen molar-refractivity contribution in [1.29, 1.82) is 0 Å². The lowest BCUT2D eigenvalue weighted by atomic mass is 10.0. The number of carbonyl (C=O) groups is 1. The number of nitrogens with two attached hydrogens (primary N) is 1. The Hall–Kier alpha value is -1.06. The average molecular weight is 285 g/mol. The zero-order chi connectivity index (χ0) is 13.7. The molecule has 3 nitrogen and oxygen atoms in total. The van der Waals surface area contributed by atoms with Crippen LogP contribution in [0.4, 0.5) is 0 Å². The van der Waals surface area contributed by atoms with Crippen molar-refractivity contribution in [3.8, 4) is 0 Å². The summed E-state index contributed by atoms with van der Waals surface area (Å²) in [5, 5.41) is 0. The smallest absolute Gasteiger partial charge is 0.244 e. The van der Waals surface area contributed by atoms with Gasteiger partial charge in [-0.15, -0.1) is 12.4 Å². The van der Waals surface area contributed by atoms with Gasteiger partial charge in [-0.2, -0.15) is 0 Å². The molecule has 0 aliphatic rings. The molecule has 0 spiro atoms. The van der Waals surface area contributed by atoms with Crippen LogP contribution in [0.5, 0.6) is 0 Å². The first kappa shape index (κ1) is 17.9. The van der Waals surface area contributed by atoms with Crippen LogP contribution in [0.2, 0.25) is 0 Å². The van der Waals surface area contributed by atoms with E-state index in [-0.39, 0.29) is 18.3 Å². The molecule has 4 heteroatoms. The summed E-state index contributed by atoms with van der Waals surface area (Å²) in [6, 6.07) is 7.29. The fraction of sp³-hybridized carbons (Fsp3) is 0.533. The van der Waals surface area contributed by atoms with Crippen LogP contribution in [0.1, 0.15) is 37.9 Å². The van der Waals surface area contributed by atoms with Crippen LogP contribution >= 0.6 is 12.4 Å². The van der Waals surface area contributed by atoms with E-state index >= 15 is 0 Å².